The molecule has 5 atom stereocenters. The molecule has 0 aromatic heterocycles. The van der Waals surface area contributed by atoms with Crippen molar-refractivity contribution in [3.63, 3.8) is 0 Å². The van der Waals surface area contributed by atoms with Gasteiger partial charge >= 0.3 is 26.1 Å². The zero-order valence-corrected chi connectivity index (χ0v) is 36.3. The molecule has 4 rings (SSSR count). The summed E-state index contributed by atoms with van der Waals surface area (Å²) in [5.41, 5.74) is 2.31. The Bertz CT molecular complexity index is 1420. The molecule has 2 heterocycles. The molecule has 12 heteroatoms. The van der Waals surface area contributed by atoms with Gasteiger partial charge in [0.05, 0.1) is 11.8 Å². The number of aliphatic imine (C=N–C) groups is 1. The smallest absolute Gasteiger partial charge is 2.00 e. The standard InChI is InChI=1S/C42H66N4O4S2.O.Tc/c1-4-6-7-8-9-10-11-12-13-19-40(48)50-38-30-35-29-36(34-21-20-32-17-14-15-18-33(32)28-34)41(37(5-2)44-49-3)42(38)46(35)24-16-23-45(25-27-52)31-39(47)43-22-26-51;;/h14-15,17-18,20-21,28,35-36,38,41-42,51-52H,4-13,16,19,22-27,29-31H2,1-3H3,(H,43,47);;/q;-2;+5/p-3/b44-37+;;/t35?,36-,38?,41+,42?;;/m0../s1/i;;1+0. The molecule has 2 aromatic carbocycles. The summed E-state index contributed by atoms with van der Waals surface area (Å²) in [6, 6.07) is 15.6. The number of nitrogens with zero attached hydrogens (tertiary/aromatic N) is 4. The molecule has 2 saturated heterocycles. The van der Waals surface area contributed by atoms with E-state index < -0.39 is 0 Å². The number of benzene rings is 2. The van der Waals surface area contributed by atoms with Crippen molar-refractivity contribution in [3.8, 4) is 0 Å². The number of unbranched alkanes of at least 4 members (excludes halogenated alkanes) is 8. The van der Waals surface area contributed by atoms with Crippen LogP contribution < -0.4 is 5.11 Å². The Balaban J connectivity index is 0.00000504. The van der Waals surface area contributed by atoms with Crippen LogP contribution in [0, 0.1) is 5.92 Å². The maximum atomic E-state index is 13.5. The molecule has 0 radical (unpaired) electrons. The van der Waals surface area contributed by atoms with Gasteiger partial charge in [-0.05, 0) is 66.9 Å². The van der Waals surface area contributed by atoms with Gasteiger partial charge in [-0.1, -0.05) is 113 Å². The summed E-state index contributed by atoms with van der Waals surface area (Å²) in [6.07, 6.45) is 14.5. The van der Waals surface area contributed by atoms with Gasteiger partial charge in [0.1, 0.15) is 13.2 Å². The predicted molar refractivity (Wildman–Crippen MR) is 219 cm³/mol. The first-order chi connectivity index (χ1) is 25.4. The first-order valence-corrected chi connectivity index (χ1v) is 21.2. The van der Waals surface area contributed by atoms with Crippen molar-refractivity contribution in [1.29, 1.82) is 0 Å². The third-order valence-corrected chi connectivity index (χ3v) is 11.4. The number of hydrogen-bond donors (Lipinski definition) is 0. The Labute approximate surface area is 349 Å². The van der Waals surface area contributed by atoms with Crippen LogP contribution >= 0.6 is 0 Å². The molecule has 0 spiro atoms. The quantitative estimate of drug-likeness (QED) is 0.0260. The van der Waals surface area contributed by atoms with E-state index in [1.807, 2.05) is 0 Å². The van der Waals surface area contributed by atoms with Crippen LogP contribution in [-0.4, -0.2) is 96.9 Å². The second-order valence-corrected chi connectivity index (χ2v) is 15.4. The van der Waals surface area contributed by atoms with Crippen molar-refractivity contribution in [2.45, 2.75) is 128 Å². The molecule has 3 unspecified atom stereocenters. The minimum absolute atomic E-state index is 0. The summed E-state index contributed by atoms with van der Waals surface area (Å²) in [6.45, 7) is 7.30. The zero-order valence-electron chi connectivity index (χ0n) is 32.8. The van der Waals surface area contributed by atoms with Gasteiger partial charge in [-0.2, -0.15) is 11.5 Å². The van der Waals surface area contributed by atoms with Crippen LogP contribution in [0.15, 0.2) is 52.6 Å². The van der Waals surface area contributed by atoms with Crippen LogP contribution in [0.5, 0.6) is 0 Å². The van der Waals surface area contributed by atoms with E-state index in [4.69, 9.17) is 34.8 Å². The largest absolute Gasteiger partial charge is 5.00 e. The fraction of sp³-hybridized carbons (Fsp3) is 0.690. The van der Waals surface area contributed by atoms with E-state index in [0.717, 1.165) is 57.3 Å². The molecule has 9 nitrogen and oxygen atoms in total. The molecule has 300 valence electrons. The number of fused-ring (bicyclic) bond motifs is 3. The van der Waals surface area contributed by atoms with Crippen LogP contribution in [0.2, 0.25) is 0 Å². The molecular weight excluding hydrogens is 803 g/mol. The Morgan fingerprint density at radius 3 is 2.30 bits per heavy atom. The van der Waals surface area contributed by atoms with Gasteiger partial charge in [-0.15, -0.1) is 0 Å². The number of oxime groups is 1. The maximum absolute atomic E-state index is 13.5. The van der Waals surface area contributed by atoms with Gasteiger partial charge in [0.25, 0.3) is 0 Å². The molecule has 2 bridgehead atoms. The third-order valence-electron chi connectivity index (χ3n) is 11.0. The van der Waals surface area contributed by atoms with Crippen molar-refractivity contribution >= 4 is 53.6 Å². The van der Waals surface area contributed by atoms with E-state index in [1.165, 1.54) is 61.3 Å². The molecule has 2 aliphatic rings. The molecule has 2 fully saturated rings. The van der Waals surface area contributed by atoms with E-state index in [-0.39, 0.29) is 74.0 Å². The van der Waals surface area contributed by atoms with Crippen LogP contribution in [0.3, 0.4) is 0 Å². The van der Waals surface area contributed by atoms with Crippen molar-refractivity contribution < 1.29 is 45.1 Å². The number of esters is 1. The number of ether oxygens (including phenoxy) is 1. The normalized spacial score (nSPS) is 21.6. The van der Waals surface area contributed by atoms with Crippen LogP contribution in [-0.2, 0) is 65.2 Å². The molecule has 0 N–H and O–H groups in total. The van der Waals surface area contributed by atoms with Gasteiger partial charge < -0.3 is 55.3 Å². The molecule has 0 aliphatic carbocycles. The minimum atomic E-state index is -0.220. The van der Waals surface area contributed by atoms with E-state index in [2.05, 4.69) is 76.3 Å². The third kappa shape index (κ3) is 14.7. The minimum Gasteiger partial charge on any atom is -2.00 e. The Kier molecular flexibility index (Phi) is 24.3. The van der Waals surface area contributed by atoms with E-state index >= 15 is 0 Å². The fourth-order valence-corrected chi connectivity index (χ4v) is 8.93. The van der Waals surface area contributed by atoms with Gasteiger partial charge in [-0.3, -0.25) is 9.69 Å². The van der Waals surface area contributed by atoms with Gasteiger partial charge in [0, 0.05) is 44.4 Å². The number of carbonyl (C=O) groups is 1. The number of hydrogen-bond acceptors (Lipinski definition) is 10. The van der Waals surface area contributed by atoms with E-state index in [9.17, 15) is 9.90 Å². The van der Waals surface area contributed by atoms with Gasteiger partial charge in [0.15, 0.2) is 0 Å². The Morgan fingerprint density at radius 1 is 0.926 bits per heavy atom. The van der Waals surface area contributed by atoms with Crippen LogP contribution in [0.1, 0.15) is 115 Å². The first kappa shape index (κ1) is 48.5. The summed E-state index contributed by atoms with van der Waals surface area (Å²) >= 11 is 10.3. The predicted octanol–water partition coefficient (Wildman–Crippen LogP) is 7.05. The summed E-state index contributed by atoms with van der Waals surface area (Å²) in [5.74, 6) is 1.03. The van der Waals surface area contributed by atoms with Crippen LogP contribution in [0.25, 0.3) is 10.8 Å². The van der Waals surface area contributed by atoms with Crippen LogP contribution in [0.4, 0.5) is 0 Å². The van der Waals surface area contributed by atoms with Gasteiger partial charge in [0.2, 0.25) is 0 Å². The first-order valence-electron chi connectivity index (χ1n) is 20.1. The Hall–Kier alpha value is -1.66. The molecular formula is C42H63N4O5S2Tc. The summed E-state index contributed by atoms with van der Waals surface area (Å²) in [7, 11) is 1.62. The molecule has 2 aromatic rings. The monoisotopic (exact) mass is 865 g/mol. The number of piperidine rings is 1. The summed E-state index contributed by atoms with van der Waals surface area (Å²) < 4.78 is 6.47. The second-order valence-electron chi connectivity index (χ2n) is 14.6. The average molecular weight is 866 g/mol. The average Bonchev–Trinajstić information content (AvgIpc) is 3.37. The molecule has 54 heavy (non-hydrogen) atoms. The molecule has 0 amide bonds. The van der Waals surface area contributed by atoms with Crippen molar-refractivity contribution in [2.75, 3.05) is 51.3 Å². The SMILES string of the molecule is CCCCCCCCCCCC(=O)OC1CC2C[C@@H](c3ccc4ccccc4c3)[C@H](/C(CC)=N/OC)C1N2CCCN(CC[S-])CC([O-])=NCC[S-].[98Tc+5].[O-2]. The van der Waals surface area contributed by atoms with Crippen molar-refractivity contribution in [2.24, 2.45) is 16.1 Å². The summed E-state index contributed by atoms with van der Waals surface area (Å²) in [4.78, 5) is 27.7. The van der Waals surface area contributed by atoms with Gasteiger partial charge in [-0.25, -0.2) is 0 Å². The Morgan fingerprint density at radius 2 is 1.63 bits per heavy atom. The molecule has 2 aliphatic heterocycles. The van der Waals surface area contributed by atoms with E-state index in [1.54, 1.807) is 7.11 Å². The summed E-state index contributed by atoms with van der Waals surface area (Å²) in [5, 5.41) is 19.6. The molecule has 0 saturated carbocycles. The van der Waals surface area contributed by atoms with E-state index in [0.29, 0.717) is 31.0 Å². The van der Waals surface area contributed by atoms with Crippen molar-refractivity contribution in [1.82, 2.24) is 9.80 Å². The fourth-order valence-electron chi connectivity index (χ4n) is 8.58. The number of carbonyl (C=O) groups excluding carboxylic acids is 1. The second kappa shape index (κ2) is 27.1. The topological polar surface area (TPSA) is 118 Å². The number of rotatable bonds is 25. The zero-order chi connectivity index (χ0) is 37.1. The van der Waals surface area contributed by atoms with Crippen molar-refractivity contribution in [3.05, 3.63) is 48.0 Å². The maximum Gasteiger partial charge on any atom is 5.00 e.